The third-order valence-corrected chi connectivity index (χ3v) is 2.41. The van der Waals surface area contributed by atoms with Crippen LogP contribution in [-0.2, 0) is 6.54 Å². The van der Waals surface area contributed by atoms with Crippen molar-refractivity contribution in [2.24, 2.45) is 0 Å². The lowest BCUT2D eigenvalue weighted by Crippen LogP contribution is -2.05. The molecule has 0 radical (unpaired) electrons. The highest BCUT2D eigenvalue weighted by Gasteiger charge is 2.02. The van der Waals surface area contributed by atoms with E-state index in [2.05, 4.69) is 10.2 Å². The lowest BCUT2D eigenvalue weighted by atomic mass is 10.1. The first-order valence-corrected chi connectivity index (χ1v) is 4.93. The van der Waals surface area contributed by atoms with Crippen LogP contribution in [0.25, 0.3) is 0 Å². The Bertz CT molecular complexity index is 478. The summed E-state index contributed by atoms with van der Waals surface area (Å²) in [6.07, 6.45) is 1.53. The van der Waals surface area contributed by atoms with Crippen molar-refractivity contribution < 1.29 is 0 Å². The number of rotatable bonds is 2. The molecule has 0 atom stereocenters. The van der Waals surface area contributed by atoms with Crippen LogP contribution < -0.4 is 5.73 Å². The number of aromatic nitrogens is 3. The standard InChI is InChI=1S/C10H11ClN4/c1-7-4-9(11)3-2-8(7)6-15-13-5-10(12)14-15/h2-5H,6H2,1H3,(H2,12,14). The first kappa shape index (κ1) is 9.98. The zero-order chi connectivity index (χ0) is 10.8. The Morgan fingerprint density at radius 2 is 2.27 bits per heavy atom. The van der Waals surface area contributed by atoms with Crippen LogP contribution >= 0.6 is 11.6 Å². The molecular weight excluding hydrogens is 212 g/mol. The molecule has 15 heavy (non-hydrogen) atoms. The minimum absolute atomic E-state index is 0.432. The Labute approximate surface area is 92.7 Å². The first-order valence-electron chi connectivity index (χ1n) is 4.56. The Hall–Kier alpha value is -1.55. The average molecular weight is 223 g/mol. The van der Waals surface area contributed by atoms with Crippen LogP contribution in [-0.4, -0.2) is 15.0 Å². The molecule has 0 aliphatic carbocycles. The van der Waals surface area contributed by atoms with Gasteiger partial charge in [-0.1, -0.05) is 17.7 Å². The molecule has 0 aliphatic rings. The lowest BCUT2D eigenvalue weighted by molar-refractivity contribution is 0.591. The molecule has 2 rings (SSSR count). The molecule has 1 aromatic carbocycles. The molecule has 5 heteroatoms. The lowest BCUT2D eigenvalue weighted by Gasteiger charge is -2.04. The summed E-state index contributed by atoms with van der Waals surface area (Å²) in [6.45, 7) is 2.62. The molecule has 1 aromatic heterocycles. The van der Waals surface area contributed by atoms with Crippen molar-refractivity contribution in [2.45, 2.75) is 13.5 Å². The molecule has 0 saturated heterocycles. The molecule has 0 amide bonds. The molecule has 4 nitrogen and oxygen atoms in total. The SMILES string of the molecule is Cc1cc(Cl)ccc1Cn1ncc(N)n1. The summed E-state index contributed by atoms with van der Waals surface area (Å²) >= 11 is 5.87. The van der Waals surface area contributed by atoms with Gasteiger partial charge in [0.2, 0.25) is 0 Å². The maximum absolute atomic E-state index is 5.87. The van der Waals surface area contributed by atoms with Gasteiger partial charge in [0.25, 0.3) is 0 Å². The summed E-state index contributed by atoms with van der Waals surface area (Å²) in [5, 5.41) is 8.78. The van der Waals surface area contributed by atoms with Gasteiger partial charge in [0, 0.05) is 5.02 Å². The summed E-state index contributed by atoms with van der Waals surface area (Å²) in [5.74, 6) is 0.432. The van der Waals surface area contributed by atoms with Crippen molar-refractivity contribution >= 4 is 17.4 Å². The van der Waals surface area contributed by atoms with Crippen LogP contribution in [0, 0.1) is 6.92 Å². The summed E-state index contributed by atoms with van der Waals surface area (Å²) in [4.78, 5) is 1.56. The van der Waals surface area contributed by atoms with Crippen molar-refractivity contribution in [3.8, 4) is 0 Å². The average Bonchev–Trinajstić information content (AvgIpc) is 2.56. The fourth-order valence-corrected chi connectivity index (χ4v) is 1.60. The van der Waals surface area contributed by atoms with E-state index in [0.29, 0.717) is 12.4 Å². The van der Waals surface area contributed by atoms with Gasteiger partial charge in [-0.3, -0.25) is 0 Å². The molecule has 0 fully saturated rings. The van der Waals surface area contributed by atoms with Crippen molar-refractivity contribution in [3.63, 3.8) is 0 Å². The van der Waals surface area contributed by atoms with Crippen LogP contribution in [0.4, 0.5) is 5.82 Å². The Balaban J connectivity index is 2.24. The maximum Gasteiger partial charge on any atom is 0.165 e. The second-order valence-corrected chi connectivity index (χ2v) is 3.81. The summed E-state index contributed by atoms with van der Waals surface area (Å²) < 4.78 is 0. The number of benzene rings is 1. The molecule has 1 heterocycles. The zero-order valence-electron chi connectivity index (χ0n) is 8.31. The van der Waals surface area contributed by atoms with Crippen molar-refractivity contribution in [1.29, 1.82) is 0 Å². The van der Waals surface area contributed by atoms with Gasteiger partial charge in [0.05, 0.1) is 12.7 Å². The minimum atomic E-state index is 0.432. The van der Waals surface area contributed by atoms with E-state index in [0.717, 1.165) is 16.1 Å². The fourth-order valence-electron chi connectivity index (χ4n) is 1.38. The smallest absolute Gasteiger partial charge is 0.165 e. The number of nitrogens with two attached hydrogens (primary N) is 1. The van der Waals surface area contributed by atoms with Gasteiger partial charge in [0.15, 0.2) is 5.82 Å². The predicted molar refractivity (Wildman–Crippen MR) is 59.7 cm³/mol. The van der Waals surface area contributed by atoms with Gasteiger partial charge in [0.1, 0.15) is 0 Å². The van der Waals surface area contributed by atoms with Crippen molar-refractivity contribution in [2.75, 3.05) is 5.73 Å². The van der Waals surface area contributed by atoms with Crippen molar-refractivity contribution in [1.82, 2.24) is 15.0 Å². The second-order valence-electron chi connectivity index (χ2n) is 3.37. The highest BCUT2D eigenvalue weighted by molar-refractivity contribution is 6.30. The number of hydrogen-bond donors (Lipinski definition) is 1. The molecule has 0 unspecified atom stereocenters. The molecular formula is C10H11ClN4. The molecule has 0 spiro atoms. The number of halogens is 1. The third-order valence-electron chi connectivity index (χ3n) is 2.17. The Morgan fingerprint density at radius 1 is 1.47 bits per heavy atom. The molecule has 0 aliphatic heterocycles. The Kier molecular flexibility index (Phi) is 2.60. The maximum atomic E-state index is 5.87. The molecule has 0 bridgehead atoms. The highest BCUT2D eigenvalue weighted by Crippen LogP contribution is 2.15. The summed E-state index contributed by atoms with van der Waals surface area (Å²) in [7, 11) is 0. The van der Waals surface area contributed by atoms with Gasteiger partial charge < -0.3 is 5.73 Å². The third kappa shape index (κ3) is 2.27. The first-order chi connectivity index (χ1) is 7.15. The molecule has 78 valence electrons. The van der Waals surface area contributed by atoms with Crippen LogP contribution in [0.15, 0.2) is 24.4 Å². The van der Waals surface area contributed by atoms with Gasteiger partial charge in [-0.2, -0.15) is 9.90 Å². The van der Waals surface area contributed by atoms with Gasteiger partial charge in [-0.25, -0.2) is 0 Å². The quantitative estimate of drug-likeness (QED) is 0.844. The van der Waals surface area contributed by atoms with E-state index in [4.69, 9.17) is 17.3 Å². The van der Waals surface area contributed by atoms with Gasteiger partial charge in [-0.15, -0.1) is 5.10 Å². The largest absolute Gasteiger partial charge is 0.381 e. The van der Waals surface area contributed by atoms with Crippen molar-refractivity contribution in [3.05, 3.63) is 40.5 Å². The van der Waals surface area contributed by atoms with Gasteiger partial charge >= 0.3 is 0 Å². The zero-order valence-corrected chi connectivity index (χ0v) is 9.07. The van der Waals surface area contributed by atoms with Gasteiger partial charge in [-0.05, 0) is 30.2 Å². The van der Waals surface area contributed by atoms with Crippen LogP contribution in [0.2, 0.25) is 5.02 Å². The number of nitrogen functional groups attached to an aromatic ring is 1. The fraction of sp³-hybridized carbons (Fsp3) is 0.200. The Morgan fingerprint density at radius 3 is 2.87 bits per heavy atom. The van der Waals surface area contributed by atoms with Crippen LogP contribution in [0.1, 0.15) is 11.1 Å². The normalized spacial score (nSPS) is 10.5. The molecule has 0 saturated carbocycles. The van der Waals surface area contributed by atoms with E-state index in [1.807, 2.05) is 25.1 Å². The monoisotopic (exact) mass is 222 g/mol. The summed E-state index contributed by atoms with van der Waals surface area (Å²) in [5.41, 5.74) is 7.74. The van der Waals surface area contributed by atoms with E-state index in [-0.39, 0.29) is 0 Å². The van der Waals surface area contributed by atoms with Crippen LogP contribution in [0.3, 0.4) is 0 Å². The number of aryl methyl sites for hydroxylation is 1. The number of anilines is 1. The summed E-state index contributed by atoms with van der Waals surface area (Å²) in [6, 6.07) is 5.75. The van der Waals surface area contributed by atoms with Crippen LogP contribution in [0.5, 0.6) is 0 Å². The van der Waals surface area contributed by atoms with E-state index in [1.165, 1.54) is 6.20 Å². The highest BCUT2D eigenvalue weighted by atomic mass is 35.5. The van der Waals surface area contributed by atoms with E-state index in [9.17, 15) is 0 Å². The minimum Gasteiger partial charge on any atom is -0.381 e. The van der Waals surface area contributed by atoms with E-state index < -0.39 is 0 Å². The topological polar surface area (TPSA) is 56.7 Å². The molecule has 2 aromatic rings. The number of hydrogen-bond acceptors (Lipinski definition) is 3. The number of nitrogens with zero attached hydrogens (tertiary/aromatic N) is 3. The van der Waals surface area contributed by atoms with E-state index >= 15 is 0 Å². The second kappa shape index (κ2) is 3.90. The molecule has 2 N–H and O–H groups in total. The predicted octanol–water partition coefficient (Wildman–Crippen LogP) is 1.87. The van der Waals surface area contributed by atoms with E-state index in [1.54, 1.807) is 4.80 Å².